The molecule has 1 aromatic heterocycles. The van der Waals surface area contributed by atoms with Crippen molar-refractivity contribution in [3.05, 3.63) is 39.3 Å². The first-order valence-electron chi connectivity index (χ1n) is 8.25. The Morgan fingerprint density at radius 2 is 1.92 bits per heavy atom. The molecular weight excluding hydrogens is 356 g/mol. The van der Waals surface area contributed by atoms with E-state index in [1.54, 1.807) is 24.1 Å². The Balaban J connectivity index is 1.69. The number of hydrogen-bond donors (Lipinski definition) is 0. The highest BCUT2D eigenvalue weighted by molar-refractivity contribution is 7.20. The number of nitro benzene ring substituents is 1. The van der Waals surface area contributed by atoms with Gasteiger partial charge in [-0.25, -0.2) is 0 Å². The number of carbonyl (C=O) groups is 2. The Bertz CT molecular complexity index is 858. The molecule has 8 nitrogen and oxygen atoms in total. The highest BCUT2D eigenvalue weighted by Crippen LogP contribution is 2.29. The number of amides is 2. The first-order chi connectivity index (χ1) is 12.3. The van der Waals surface area contributed by atoms with Gasteiger partial charge >= 0.3 is 0 Å². The second-order valence-electron chi connectivity index (χ2n) is 6.44. The largest absolute Gasteiger partial charge is 0.339 e. The van der Waals surface area contributed by atoms with E-state index in [0.29, 0.717) is 23.4 Å². The average molecular weight is 376 g/mol. The molecule has 9 heteroatoms. The predicted molar refractivity (Wildman–Crippen MR) is 99.5 cm³/mol. The molecule has 1 saturated heterocycles. The molecule has 0 spiro atoms. The molecule has 2 heterocycles. The fraction of sp³-hybridized carbons (Fsp3) is 0.412. The zero-order valence-corrected chi connectivity index (χ0v) is 15.5. The van der Waals surface area contributed by atoms with E-state index in [1.807, 2.05) is 7.05 Å². The van der Waals surface area contributed by atoms with Crippen molar-refractivity contribution in [1.29, 1.82) is 0 Å². The Morgan fingerprint density at radius 1 is 1.23 bits per heavy atom. The molecule has 2 aromatic rings. The predicted octanol–water partition coefficient (Wildman–Crippen LogP) is 1.66. The maximum absolute atomic E-state index is 12.6. The maximum atomic E-state index is 12.6. The average Bonchev–Trinajstić information content (AvgIpc) is 3.04. The van der Waals surface area contributed by atoms with Crippen LogP contribution in [0.25, 0.3) is 10.1 Å². The van der Waals surface area contributed by atoms with E-state index in [-0.39, 0.29) is 24.0 Å². The fourth-order valence-electron chi connectivity index (χ4n) is 2.87. The van der Waals surface area contributed by atoms with Crippen LogP contribution in [0.3, 0.4) is 0 Å². The first kappa shape index (κ1) is 18.3. The topological polar surface area (TPSA) is 87.0 Å². The van der Waals surface area contributed by atoms with Crippen molar-refractivity contribution in [2.45, 2.75) is 0 Å². The highest BCUT2D eigenvalue weighted by Gasteiger charge is 2.23. The molecule has 3 rings (SSSR count). The van der Waals surface area contributed by atoms with Gasteiger partial charge in [-0.15, -0.1) is 11.3 Å². The minimum atomic E-state index is -0.459. The van der Waals surface area contributed by atoms with E-state index >= 15 is 0 Å². The lowest BCUT2D eigenvalue weighted by Gasteiger charge is -2.33. The Morgan fingerprint density at radius 3 is 2.58 bits per heavy atom. The molecule has 0 radical (unpaired) electrons. The van der Waals surface area contributed by atoms with E-state index in [0.717, 1.165) is 17.8 Å². The van der Waals surface area contributed by atoms with Crippen molar-refractivity contribution in [3.8, 4) is 0 Å². The lowest BCUT2D eigenvalue weighted by Crippen LogP contribution is -2.50. The Hall–Kier alpha value is -2.52. The number of non-ortho nitro benzene ring substituents is 1. The smallest absolute Gasteiger partial charge is 0.270 e. The standard InChI is InChI=1S/C17H20N4O4S/c1-18-5-7-20(8-6-18)16(22)11-19(2)17(23)15-10-12-9-13(21(24)25)3-4-14(12)26-15/h3-4,9-10H,5-8,11H2,1-2H3. The third-order valence-corrected chi connectivity index (χ3v) is 5.60. The highest BCUT2D eigenvalue weighted by atomic mass is 32.1. The van der Waals surface area contributed by atoms with Gasteiger partial charge in [-0.3, -0.25) is 19.7 Å². The zero-order chi connectivity index (χ0) is 18.8. The molecule has 1 aliphatic rings. The number of likely N-dealkylation sites (N-methyl/N-ethyl adjacent to an activating group) is 2. The van der Waals surface area contributed by atoms with Gasteiger partial charge in [0.05, 0.1) is 16.3 Å². The van der Waals surface area contributed by atoms with Gasteiger partial charge in [0, 0.05) is 55.4 Å². The van der Waals surface area contributed by atoms with E-state index in [1.165, 1.54) is 28.4 Å². The summed E-state index contributed by atoms with van der Waals surface area (Å²) >= 11 is 1.27. The van der Waals surface area contributed by atoms with Gasteiger partial charge < -0.3 is 14.7 Å². The number of thiophene rings is 1. The summed E-state index contributed by atoms with van der Waals surface area (Å²) in [6, 6.07) is 6.17. The van der Waals surface area contributed by atoms with E-state index in [4.69, 9.17) is 0 Å². The summed E-state index contributed by atoms with van der Waals surface area (Å²) in [7, 11) is 3.62. The summed E-state index contributed by atoms with van der Waals surface area (Å²) < 4.78 is 0.803. The van der Waals surface area contributed by atoms with Crippen molar-refractivity contribution >= 4 is 38.9 Å². The van der Waals surface area contributed by atoms with Crippen molar-refractivity contribution in [1.82, 2.24) is 14.7 Å². The molecule has 1 fully saturated rings. The summed E-state index contributed by atoms with van der Waals surface area (Å²) in [5.74, 6) is -0.318. The molecule has 0 N–H and O–H groups in total. The zero-order valence-electron chi connectivity index (χ0n) is 14.7. The lowest BCUT2D eigenvalue weighted by molar-refractivity contribution is -0.384. The molecule has 0 saturated carbocycles. The third kappa shape index (κ3) is 3.83. The van der Waals surface area contributed by atoms with Crippen LogP contribution in [0.5, 0.6) is 0 Å². The van der Waals surface area contributed by atoms with Crippen LogP contribution in [-0.4, -0.2) is 78.3 Å². The van der Waals surface area contributed by atoms with Crippen molar-refractivity contribution in [2.75, 3.05) is 46.8 Å². The lowest BCUT2D eigenvalue weighted by atomic mass is 10.2. The molecule has 0 bridgehead atoms. The number of rotatable bonds is 4. The Kier molecular flexibility index (Phi) is 5.19. The molecule has 2 amide bonds. The molecule has 1 aromatic carbocycles. The van der Waals surface area contributed by atoms with Crippen molar-refractivity contribution in [2.24, 2.45) is 0 Å². The van der Waals surface area contributed by atoms with E-state index < -0.39 is 4.92 Å². The van der Waals surface area contributed by atoms with Gasteiger partial charge in [0.15, 0.2) is 0 Å². The number of nitro groups is 1. The number of nitrogens with zero attached hydrogens (tertiary/aromatic N) is 4. The third-order valence-electron chi connectivity index (χ3n) is 4.50. The summed E-state index contributed by atoms with van der Waals surface area (Å²) in [6.07, 6.45) is 0. The number of piperazine rings is 1. The number of carbonyl (C=O) groups excluding carboxylic acids is 2. The monoisotopic (exact) mass is 376 g/mol. The van der Waals surface area contributed by atoms with Gasteiger partial charge in [0.1, 0.15) is 0 Å². The summed E-state index contributed by atoms with van der Waals surface area (Å²) in [5.41, 5.74) is -0.00658. The fourth-order valence-corrected chi connectivity index (χ4v) is 3.91. The van der Waals surface area contributed by atoms with E-state index in [9.17, 15) is 19.7 Å². The minimum absolute atomic E-state index is 0.00658. The molecule has 0 unspecified atom stereocenters. The van der Waals surface area contributed by atoms with Gasteiger partial charge in [0.25, 0.3) is 11.6 Å². The van der Waals surface area contributed by atoms with Crippen LogP contribution >= 0.6 is 11.3 Å². The van der Waals surface area contributed by atoms with Crippen molar-refractivity contribution < 1.29 is 14.5 Å². The normalized spacial score (nSPS) is 15.2. The molecule has 1 aliphatic heterocycles. The molecule has 0 aliphatic carbocycles. The maximum Gasteiger partial charge on any atom is 0.270 e. The van der Waals surface area contributed by atoms with Gasteiger partial charge in [-0.1, -0.05) is 0 Å². The van der Waals surface area contributed by atoms with Crippen LogP contribution in [-0.2, 0) is 4.79 Å². The SMILES string of the molecule is CN1CCN(C(=O)CN(C)C(=O)c2cc3cc([N+](=O)[O-])ccc3s2)CC1. The van der Waals surface area contributed by atoms with Crippen LogP contribution in [0.15, 0.2) is 24.3 Å². The van der Waals surface area contributed by atoms with Crippen LogP contribution < -0.4 is 0 Å². The number of benzene rings is 1. The van der Waals surface area contributed by atoms with Crippen LogP contribution in [0, 0.1) is 10.1 Å². The second kappa shape index (κ2) is 7.38. The summed E-state index contributed by atoms with van der Waals surface area (Å²) in [6.45, 7) is 3.03. The second-order valence-corrected chi connectivity index (χ2v) is 7.52. The summed E-state index contributed by atoms with van der Waals surface area (Å²) in [4.78, 5) is 41.2. The molecule has 138 valence electrons. The van der Waals surface area contributed by atoms with Gasteiger partial charge in [-0.2, -0.15) is 0 Å². The first-order valence-corrected chi connectivity index (χ1v) is 9.06. The molecular formula is C17H20N4O4S. The van der Waals surface area contributed by atoms with Crippen LogP contribution in [0.2, 0.25) is 0 Å². The minimum Gasteiger partial charge on any atom is -0.339 e. The van der Waals surface area contributed by atoms with Crippen LogP contribution in [0.4, 0.5) is 5.69 Å². The molecule has 26 heavy (non-hydrogen) atoms. The van der Waals surface area contributed by atoms with Crippen LogP contribution in [0.1, 0.15) is 9.67 Å². The quantitative estimate of drug-likeness (QED) is 0.598. The van der Waals surface area contributed by atoms with Gasteiger partial charge in [0.2, 0.25) is 5.91 Å². The van der Waals surface area contributed by atoms with E-state index in [2.05, 4.69) is 4.90 Å². The number of hydrogen-bond acceptors (Lipinski definition) is 6. The Labute approximate surface area is 154 Å². The number of fused-ring (bicyclic) bond motifs is 1. The van der Waals surface area contributed by atoms with Crippen molar-refractivity contribution in [3.63, 3.8) is 0 Å². The van der Waals surface area contributed by atoms with Gasteiger partial charge in [-0.05, 0) is 19.2 Å². The molecule has 0 atom stereocenters. The summed E-state index contributed by atoms with van der Waals surface area (Å²) in [5, 5.41) is 11.5.